The van der Waals surface area contributed by atoms with E-state index in [-0.39, 0.29) is 29.7 Å². The first-order valence-electron chi connectivity index (χ1n) is 7.91. The zero-order valence-corrected chi connectivity index (χ0v) is 15.4. The number of aromatic nitrogens is 3. The standard InChI is InChI=1S/C17H25N5O.ClH/c1-5-6-13(18)15(23)20-16-19-14(21-22-16)11-7-9-12(10-8-11)17(2,3)4;/h7-10,13H,5-6,18H2,1-4H3,(H2,19,20,21,22,23);1H. The summed E-state index contributed by atoms with van der Waals surface area (Å²) in [7, 11) is 0. The maximum atomic E-state index is 11.9. The second kappa shape index (κ2) is 8.26. The number of nitrogens with one attached hydrogen (secondary N) is 2. The second-order valence-electron chi connectivity index (χ2n) is 6.72. The van der Waals surface area contributed by atoms with E-state index >= 15 is 0 Å². The van der Waals surface area contributed by atoms with Crippen LogP contribution in [0.2, 0.25) is 0 Å². The highest BCUT2D eigenvalue weighted by Gasteiger charge is 2.16. The van der Waals surface area contributed by atoms with Crippen LogP contribution >= 0.6 is 12.4 Å². The van der Waals surface area contributed by atoms with Gasteiger partial charge in [-0.15, -0.1) is 17.5 Å². The maximum Gasteiger partial charge on any atom is 0.249 e. The van der Waals surface area contributed by atoms with Gasteiger partial charge in [0.05, 0.1) is 6.04 Å². The van der Waals surface area contributed by atoms with Crippen LogP contribution in [0.15, 0.2) is 24.3 Å². The number of hydrogen-bond acceptors (Lipinski definition) is 4. The molecule has 4 N–H and O–H groups in total. The Labute approximate surface area is 149 Å². The van der Waals surface area contributed by atoms with Gasteiger partial charge in [0, 0.05) is 5.56 Å². The lowest BCUT2D eigenvalue weighted by molar-refractivity contribution is -0.117. The number of hydrogen-bond donors (Lipinski definition) is 3. The van der Waals surface area contributed by atoms with Crippen LogP contribution in [0.4, 0.5) is 5.95 Å². The molecule has 0 saturated carbocycles. The molecule has 1 amide bonds. The molecule has 0 bridgehead atoms. The normalized spacial score (nSPS) is 12.4. The number of benzene rings is 1. The lowest BCUT2D eigenvalue weighted by Crippen LogP contribution is -2.35. The molecule has 0 radical (unpaired) electrons. The van der Waals surface area contributed by atoms with Crippen LogP contribution in [-0.4, -0.2) is 27.1 Å². The third-order valence-electron chi connectivity index (χ3n) is 3.68. The minimum Gasteiger partial charge on any atom is -0.320 e. The van der Waals surface area contributed by atoms with Gasteiger partial charge in [-0.25, -0.2) is 0 Å². The van der Waals surface area contributed by atoms with Crippen molar-refractivity contribution in [2.24, 2.45) is 5.73 Å². The molecule has 1 aromatic heterocycles. The molecular formula is C17H26ClN5O. The highest BCUT2D eigenvalue weighted by atomic mass is 35.5. The van der Waals surface area contributed by atoms with E-state index in [0.29, 0.717) is 12.2 Å². The number of H-pyrrole nitrogens is 1. The van der Waals surface area contributed by atoms with Crippen LogP contribution in [0.3, 0.4) is 0 Å². The number of carbonyl (C=O) groups excluding carboxylic acids is 1. The number of nitrogens with zero attached hydrogens (tertiary/aromatic N) is 2. The topological polar surface area (TPSA) is 96.7 Å². The number of rotatable bonds is 5. The fraction of sp³-hybridized carbons (Fsp3) is 0.471. The van der Waals surface area contributed by atoms with Gasteiger partial charge in [-0.3, -0.25) is 15.2 Å². The van der Waals surface area contributed by atoms with E-state index in [4.69, 9.17) is 5.73 Å². The smallest absolute Gasteiger partial charge is 0.249 e. The molecule has 6 nitrogen and oxygen atoms in total. The number of amides is 1. The lowest BCUT2D eigenvalue weighted by atomic mass is 9.87. The fourth-order valence-electron chi connectivity index (χ4n) is 2.22. The van der Waals surface area contributed by atoms with Gasteiger partial charge in [0.2, 0.25) is 11.9 Å². The summed E-state index contributed by atoms with van der Waals surface area (Å²) in [6.07, 6.45) is 1.49. The Morgan fingerprint density at radius 3 is 2.46 bits per heavy atom. The van der Waals surface area contributed by atoms with E-state index in [1.165, 1.54) is 5.56 Å². The average molecular weight is 352 g/mol. The zero-order valence-electron chi connectivity index (χ0n) is 14.6. The number of carbonyl (C=O) groups is 1. The van der Waals surface area contributed by atoms with Gasteiger partial charge in [-0.1, -0.05) is 58.4 Å². The monoisotopic (exact) mass is 351 g/mol. The minimum absolute atomic E-state index is 0. The van der Waals surface area contributed by atoms with Gasteiger partial charge < -0.3 is 5.73 Å². The molecule has 1 aromatic carbocycles. The van der Waals surface area contributed by atoms with Crippen molar-refractivity contribution >= 4 is 24.3 Å². The predicted octanol–water partition coefficient (Wildman–Crippen LogP) is 3.26. The zero-order chi connectivity index (χ0) is 17.0. The number of aromatic amines is 1. The van der Waals surface area contributed by atoms with Crippen LogP contribution < -0.4 is 11.1 Å². The van der Waals surface area contributed by atoms with Crippen molar-refractivity contribution in [3.8, 4) is 11.4 Å². The lowest BCUT2D eigenvalue weighted by Gasteiger charge is -2.18. The molecule has 1 heterocycles. The van der Waals surface area contributed by atoms with Crippen LogP contribution in [0.1, 0.15) is 46.1 Å². The largest absolute Gasteiger partial charge is 0.320 e. The van der Waals surface area contributed by atoms with E-state index in [9.17, 15) is 4.79 Å². The summed E-state index contributed by atoms with van der Waals surface area (Å²) in [6.45, 7) is 8.50. The van der Waals surface area contributed by atoms with Gasteiger partial charge in [0.15, 0.2) is 5.82 Å². The van der Waals surface area contributed by atoms with Gasteiger partial charge in [-0.2, -0.15) is 4.98 Å². The molecular weight excluding hydrogens is 326 g/mol. The Kier molecular flexibility index (Phi) is 6.93. The fourth-order valence-corrected chi connectivity index (χ4v) is 2.22. The molecule has 0 fully saturated rings. The van der Waals surface area contributed by atoms with Crippen molar-refractivity contribution in [2.45, 2.75) is 52.0 Å². The third kappa shape index (κ3) is 5.04. The van der Waals surface area contributed by atoms with Crippen LogP contribution in [0.5, 0.6) is 0 Å². The van der Waals surface area contributed by atoms with E-state index in [0.717, 1.165) is 12.0 Å². The first-order valence-corrected chi connectivity index (χ1v) is 7.91. The first-order chi connectivity index (χ1) is 10.8. The van der Waals surface area contributed by atoms with Crippen LogP contribution in [0.25, 0.3) is 11.4 Å². The summed E-state index contributed by atoms with van der Waals surface area (Å²) < 4.78 is 0. The summed E-state index contributed by atoms with van der Waals surface area (Å²) in [5.74, 6) is 0.599. The molecule has 7 heteroatoms. The van der Waals surface area contributed by atoms with Crippen molar-refractivity contribution in [1.82, 2.24) is 15.2 Å². The molecule has 0 aliphatic rings. The molecule has 0 saturated heterocycles. The SMILES string of the molecule is CCCC(N)C(=O)Nc1n[nH]c(-c2ccc(C(C)(C)C)cc2)n1.Cl. The summed E-state index contributed by atoms with van der Waals surface area (Å²) in [5.41, 5.74) is 8.05. The van der Waals surface area contributed by atoms with Crippen molar-refractivity contribution in [1.29, 1.82) is 0 Å². The first kappa shape index (κ1) is 20.1. The predicted molar refractivity (Wildman–Crippen MR) is 99.3 cm³/mol. The van der Waals surface area contributed by atoms with Gasteiger partial charge >= 0.3 is 0 Å². The maximum absolute atomic E-state index is 11.9. The molecule has 1 unspecified atom stereocenters. The van der Waals surface area contributed by atoms with Gasteiger partial charge in [-0.05, 0) is 17.4 Å². The second-order valence-corrected chi connectivity index (χ2v) is 6.72. The molecule has 2 aromatic rings. The number of halogens is 1. The Hall–Kier alpha value is -1.92. The summed E-state index contributed by atoms with van der Waals surface area (Å²) in [5, 5.41) is 9.50. The van der Waals surface area contributed by atoms with Crippen molar-refractivity contribution < 1.29 is 4.79 Å². The molecule has 24 heavy (non-hydrogen) atoms. The minimum atomic E-state index is -0.534. The summed E-state index contributed by atoms with van der Waals surface area (Å²) in [4.78, 5) is 16.2. The number of anilines is 1. The summed E-state index contributed by atoms with van der Waals surface area (Å²) >= 11 is 0. The van der Waals surface area contributed by atoms with Gasteiger partial charge in [0.25, 0.3) is 0 Å². The van der Waals surface area contributed by atoms with Crippen molar-refractivity contribution in [2.75, 3.05) is 5.32 Å². The Morgan fingerprint density at radius 2 is 1.92 bits per heavy atom. The van der Waals surface area contributed by atoms with E-state index < -0.39 is 6.04 Å². The molecule has 132 valence electrons. The van der Waals surface area contributed by atoms with E-state index in [1.807, 2.05) is 19.1 Å². The number of nitrogens with two attached hydrogens (primary N) is 1. The molecule has 0 aliphatic carbocycles. The quantitative estimate of drug-likeness (QED) is 0.770. The summed E-state index contributed by atoms with van der Waals surface area (Å²) in [6, 6.07) is 7.61. The average Bonchev–Trinajstić information content (AvgIpc) is 2.95. The Morgan fingerprint density at radius 1 is 1.29 bits per heavy atom. The third-order valence-corrected chi connectivity index (χ3v) is 3.68. The molecule has 0 spiro atoms. The van der Waals surface area contributed by atoms with E-state index in [1.54, 1.807) is 0 Å². The van der Waals surface area contributed by atoms with E-state index in [2.05, 4.69) is 53.4 Å². The van der Waals surface area contributed by atoms with Crippen LogP contribution in [-0.2, 0) is 10.2 Å². The molecule has 1 atom stereocenters. The molecule has 0 aliphatic heterocycles. The molecule has 2 rings (SSSR count). The van der Waals surface area contributed by atoms with Crippen molar-refractivity contribution in [3.63, 3.8) is 0 Å². The Bertz CT molecular complexity index is 660. The van der Waals surface area contributed by atoms with Crippen molar-refractivity contribution in [3.05, 3.63) is 29.8 Å². The van der Waals surface area contributed by atoms with Crippen LogP contribution in [0, 0.1) is 0 Å². The Balaban J connectivity index is 0.00000288. The highest BCUT2D eigenvalue weighted by Crippen LogP contribution is 2.24. The highest BCUT2D eigenvalue weighted by molar-refractivity contribution is 5.93. The van der Waals surface area contributed by atoms with Gasteiger partial charge in [0.1, 0.15) is 0 Å².